The zero-order valence-corrected chi connectivity index (χ0v) is 11.5. The molecule has 8 heteroatoms. The molecule has 1 heterocycles. The van der Waals surface area contributed by atoms with Crippen molar-refractivity contribution in [3.8, 4) is 0 Å². The Morgan fingerprint density at radius 2 is 2.32 bits per heavy atom. The van der Waals surface area contributed by atoms with Gasteiger partial charge in [-0.15, -0.1) is 0 Å². The van der Waals surface area contributed by atoms with Gasteiger partial charge in [-0.2, -0.15) is 0 Å². The van der Waals surface area contributed by atoms with Gasteiger partial charge < -0.3 is 9.67 Å². The van der Waals surface area contributed by atoms with E-state index < -0.39 is 4.92 Å². The number of nitrogens with zero attached hydrogens (tertiary/aromatic N) is 3. The van der Waals surface area contributed by atoms with E-state index in [1.165, 1.54) is 12.3 Å². The van der Waals surface area contributed by atoms with Gasteiger partial charge >= 0.3 is 0 Å². The van der Waals surface area contributed by atoms with Gasteiger partial charge in [0.15, 0.2) is 5.16 Å². The second-order valence-electron chi connectivity index (χ2n) is 3.72. The maximum atomic E-state index is 11.0. The molecule has 0 bridgehead atoms. The molecule has 100 valence electrons. The number of aliphatic hydroxyl groups is 1. The van der Waals surface area contributed by atoms with Crippen molar-refractivity contribution in [2.75, 3.05) is 0 Å². The molecule has 1 N–H and O–H groups in total. The molecular formula is C11H10ClN3O3S. The minimum Gasteiger partial charge on any atom is -0.390 e. The van der Waals surface area contributed by atoms with Gasteiger partial charge in [0.05, 0.1) is 28.3 Å². The van der Waals surface area contributed by atoms with Gasteiger partial charge in [0.1, 0.15) is 0 Å². The van der Waals surface area contributed by atoms with Gasteiger partial charge in [-0.3, -0.25) is 10.1 Å². The molecule has 0 amide bonds. The molecule has 1 aromatic heterocycles. The van der Waals surface area contributed by atoms with Crippen molar-refractivity contribution in [2.24, 2.45) is 7.05 Å². The van der Waals surface area contributed by atoms with Crippen molar-refractivity contribution in [3.63, 3.8) is 0 Å². The Labute approximate surface area is 118 Å². The van der Waals surface area contributed by atoms with Crippen LogP contribution >= 0.6 is 23.4 Å². The quantitative estimate of drug-likeness (QED) is 0.693. The Hall–Kier alpha value is -1.57. The zero-order valence-electron chi connectivity index (χ0n) is 9.91. The van der Waals surface area contributed by atoms with Crippen LogP contribution in [0.1, 0.15) is 5.69 Å². The third-order valence-corrected chi connectivity index (χ3v) is 3.88. The van der Waals surface area contributed by atoms with Gasteiger partial charge in [-0.1, -0.05) is 11.6 Å². The van der Waals surface area contributed by atoms with Crippen LogP contribution in [0.4, 0.5) is 5.69 Å². The fourth-order valence-corrected chi connectivity index (χ4v) is 2.58. The highest BCUT2D eigenvalue weighted by atomic mass is 35.5. The van der Waals surface area contributed by atoms with Gasteiger partial charge in [0.2, 0.25) is 0 Å². The van der Waals surface area contributed by atoms with Crippen molar-refractivity contribution in [1.82, 2.24) is 9.55 Å². The van der Waals surface area contributed by atoms with E-state index in [0.717, 1.165) is 11.8 Å². The van der Waals surface area contributed by atoms with E-state index in [1.807, 2.05) is 0 Å². The van der Waals surface area contributed by atoms with Gasteiger partial charge in [-0.05, 0) is 23.9 Å². The summed E-state index contributed by atoms with van der Waals surface area (Å²) in [5, 5.41) is 20.9. The summed E-state index contributed by atoms with van der Waals surface area (Å²) in [6.45, 7) is -0.132. The second kappa shape index (κ2) is 5.60. The number of rotatable bonds is 4. The van der Waals surface area contributed by atoms with E-state index in [9.17, 15) is 10.1 Å². The van der Waals surface area contributed by atoms with Crippen LogP contribution in [0.2, 0.25) is 5.02 Å². The number of halogens is 1. The molecule has 6 nitrogen and oxygen atoms in total. The normalized spacial score (nSPS) is 10.7. The third-order valence-electron chi connectivity index (χ3n) is 2.52. The molecule has 0 fully saturated rings. The molecule has 0 spiro atoms. The Kier molecular flexibility index (Phi) is 4.08. The Bertz CT molecular complexity index is 630. The van der Waals surface area contributed by atoms with Crippen LogP contribution in [0, 0.1) is 10.1 Å². The second-order valence-corrected chi connectivity index (χ2v) is 5.17. The molecule has 0 aliphatic rings. The number of benzene rings is 1. The van der Waals surface area contributed by atoms with Crippen LogP contribution in [0.5, 0.6) is 0 Å². The average Bonchev–Trinajstić information content (AvgIpc) is 2.72. The summed E-state index contributed by atoms with van der Waals surface area (Å²) in [4.78, 5) is 15.1. The van der Waals surface area contributed by atoms with Gasteiger partial charge in [-0.25, -0.2) is 4.98 Å². The van der Waals surface area contributed by atoms with E-state index in [0.29, 0.717) is 20.8 Å². The summed E-state index contributed by atoms with van der Waals surface area (Å²) in [6.07, 6.45) is 1.53. The number of hydrogen-bond donors (Lipinski definition) is 1. The molecule has 2 rings (SSSR count). The summed E-state index contributed by atoms with van der Waals surface area (Å²) in [7, 11) is 1.74. The maximum absolute atomic E-state index is 11.0. The SMILES string of the molecule is Cn1c(CO)cnc1Sc1ccc(Cl)cc1[N+](=O)[O-]. The molecule has 0 saturated heterocycles. The van der Waals surface area contributed by atoms with Crippen molar-refractivity contribution in [1.29, 1.82) is 0 Å². The number of imidazole rings is 1. The van der Waals surface area contributed by atoms with Crippen LogP contribution in [0.25, 0.3) is 0 Å². The lowest BCUT2D eigenvalue weighted by Crippen LogP contribution is -1.98. The molecule has 0 radical (unpaired) electrons. The van der Waals surface area contributed by atoms with Crippen molar-refractivity contribution in [2.45, 2.75) is 16.7 Å². The first-order valence-electron chi connectivity index (χ1n) is 5.26. The minimum absolute atomic E-state index is 0.0638. The lowest BCUT2D eigenvalue weighted by Gasteiger charge is -2.05. The first-order chi connectivity index (χ1) is 9.02. The molecule has 0 aliphatic heterocycles. The van der Waals surface area contributed by atoms with Crippen LogP contribution < -0.4 is 0 Å². The smallest absolute Gasteiger partial charge is 0.284 e. The van der Waals surface area contributed by atoms with E-state index in [4.69, 9.17) is 16.7 Å². The highest BCUT2D eigenvalue weighted by molar-refractivity contribution is 7.99. The highest BCUT2D eigenvalue weighted by Crippen LogP contribution is 2.35. The van der Waals surface area contributed by atoms with Crippen LogP contribution in [-0.4, -0.2) is 19.6 Å². The maximum Gasteiger partial charge on any atom is 0.284 e. The molecule has 19 heavy (non-hydrogen) atoms. The van der Waals surface area contributed by atoms with Crippen LogP contribution in [0.15, 0.2) is 34.4 Å². The van der Waals surface area contributed by atoms with E-state index >= 15 is 0 Å². The summed E-state index contributed by atoms with van der Waals surface area (Å²) in [5.41, 5.74) is 0.574. The van der Waals surface area contributed by atoms with Crippen LogP contribution in [0.3, 0.4) is 0 Å². The first kappa shape index (κ1) is 13.9. The third kappa shape index (κ3) is 2.89. The molecule has 2 aromatic rings. The summed E-state index contributed by atoms with van der Waals surface area (Å²) < 4.78 is 1.68. The molecule has 0 aliphatic carbocycles. The van der Waals surface area contributed by atoms with Crippen molar-refractivity contribution < 1.29 is 10.0 Å². The predicted molar refractivity (Wildman–Crippen MR) is 71.4 cm³/mol. The monoisotopic (exact) mass is 299 g/mol. The van der Waals surface area contributed by atoms with Gasteiger partial charge in [0.25, 0.3) is 5.69 Å². The topological polar surface area (TPSA) is 81.2 Å². The predicted octanol–water partition coefficient (Wildman–Crippen LogP) is 2.63. The van der Waals surface area contributed by atoms with Crippen LogP contribution in [-0.2, 0) is 13.7 Å². The lowest BCUT2D eigenvalue weighted by atomic mass is 10.3. The summed E-state index contributed by atoms with van der Waals surface area (Å²) >= 11 is 6.91. The van der Waals surface area contributed by atoms with Crippen molar-refractivity contribution in [3.05, 3.63) is 45.2 Å². The Morgan fingerprint density at radius 3 is 2.89 bits per heavy atom. The molecule has 0 unspecified atom stereocenters. The zero-order chi connectivity index (χ0) is 14.0. The fraction of sp³-hybridized carbons (Fsp3) is 0.182. The largest absolute Gasteiger partial charge is 0.390 e. The van der Waals surface area contributed by atoms with E-state index in [-0.39, 0.29) is 12.3 Å². The number of aliphatic hydroxyl groups excluding tert-OH is 1. The lowest BCUT2D eigenvalue weighted by molar-refractivity contribution is -0.387. The minimum atomic E-state index is -0.482. The van der Waals surface area contributed by atoms with E-state index in [2.05, 4.69) is 4.98 Å². The highest BCUT2D eigenvalue weighted by Gasteiger charge is 2.17. The van der Waals surface area contributed by atoms with Gasteiger partial charge in [0, 0.05) is 18.1 Å². The molecule has 0 saturated carbocycles. The molecule has 1 aromatic carbocycles. The fourth-order valence-electron chi connectivity index (χ4n) is 1.49. The Balaban J connectivity index is 2.37. The first-order valence-corrected chi connectivity index (χ1v) is 6.45. The summed E-state index contributed by atoms with van der Waals surface area (Å²) in [6, 6.07) is 4.48. The number of nitro groups is 1. The number of nitro benzene ring substituents is 1. The number of aromatic nitrogens is 2. The van der Waals surface area contributed by atoms with E-state index in [1.54, 1.807) is 23.7 Å². The number of hydrogen-bond acceptors (Lipinski definition) is 5. The summed E-state index contributed by atoms with van der Waals surface area (Å²) in [5.74, 6) is 0. The molecular weight excluding hydrogens is 290 g/mol. The standard InChI is InChI=1S/C11H10ClN3O3S/c1-14-8(6-16)5-13-11(14)19-10-3-2-7(12)4-9(10)15(17)18/h2-5,16H,6H2,1H3. The molecule has 0 atom stereocenters. The average molecular weight is 300 g/mol. The Morgan fingerprint density at radius 1 is 1.58 bits per heavy atom. The van der Waals surface area contributed by atoms with Crippen molar-refractivity contribution >= 4 is 29.1 Å².